The van der Waals surface area contributed by atoms with E-state index in [4.69, 9.17) is 11.6 Å². The molecule has 2 aromatic carbocycles. The Hall–Kier alpha value is -1.89. The predicted octanol–water partition coefficient (Wildman–Crippen LogP) is 3.74. The van der Waals surface area contributed by atoms with Crippen molar-refractivity contribution in [2.75, 3.05) is 12.3 Å². The maximum absolute atomic E-state index is 11.7. The first-order chi connectivity index (χ1) is 10.7. The third kappa shape index (κ3) is 6.26. The zero-order valence-corrected chi connectivity index (χ0v) is 13.6. The molecule has 2 nitrogen and oxygen atoms in total. The van der Waals surface area contributed by atoms with Crippen LogP contribution in [0.2, 0.25) is 5.02 Å². The Balaban J connectivity index is 1.66. The van der Waals surface area contributed by atoms with Crippen LogP contribution in [-0.2, 0) is 10.5 Å². The molecule has 2 rings (SSSR count). The van der Waals surface area contributed by atoms with Gasteiger partial charge in [0.2, 0.25) is 5.91 Å². The Labute approximate surface area is 140 Å². The second-order valence-corrected chi connectivity index (χ2v) is 5.99. The molecule has 0 aliphatic carbocycles. The number of carbonyl (C=O) groups is 1. The van der Waals surface area contributed by atoms with Gasteiger partial charge in [0.25, 0.3) is 0 Å². The summed E-state index contributed by atoms with van der Waals surface area (Å²) in [5.41, 5.74) is 2.07. The number of hydrogen-bond donors (Lipinski definition) is 1. The molecule has 1 amide bonds. The smallest absolute Gasteiger partial charge is 0.230 e. The molecule has 0 aromatic heterocycles. The standard InChI is InChI=1S/C18H16ClNOS/c19-17-10-4-8-15(12-17)9-5-11-20-18(21)14-22-13-16-6-2-1-3-7-16/h1-4,6-8,10,12H,11,13-14H2,(H,20,21). The first-order valence-electron chi connectivity index (χ1n) is 6.87. The van der Waals surface area contributed by atoms with Gasteiger partial charge in [-0.3, -0.25) is 4.79 Å². The first-order valence-corrected chi connectivity index (χ1v) is 8.40. The molecule has 0 radical (unpaired) electrons. The lowest BCUT2D eigenvalue weighted by Gasteiger charge is -2.02. The Morgan fingerprint density at radius 2 is 1.95 bits per heavy atom. The molecule has 0 atom stereocenters. The molecule has 0 heterocycles. The van der Waals surface area contributed by atoms with Gasteiger partial charge in [-0.2, -0.15) is 0 Å². The van der Waals surface area contributed by atoms with Crippen molar-refractivity contribution in [1.29, 1.82) is 0 Å². The van der Waals surface area contributed by atoms with Gasteiger partial charge in [0.1, 0.15) is 0 Å². The molecule has 1 N–H and O–H groups in total. The molecule has 0 aliphatic heterocycles. The summed E-state index contributed by atoms with van der Waals surface area (Å²) >= 11 is 7.47. The number of benzene rings is 2. The quantitative estimate of drug-likeness (QED) is 0.847. The van der Waals surface area contributed by atoms with E-state index in [0.29, 0.717) is 17.3 Å². The number of thioether (sulfide) groups is 1. The minimum absolute atomic E-state index is 0.00123. The fraction of sp³-hybridized carbons (Fsp3) is 0.167. The molecule has 0 spiro atoms. The summed E-state index contributed by atoms with van der Waals surface area (Å²) in [4.78, 5) is 11.7. The largest absolute Gasteiger partial charge is 0.344 e. The van der Waals surface area contributed by atoms with Crippen LogP contribution in [0.4, 0.5) is 0 Å². The summed E-state index contributed by atoms with van der Waals surface area (Å²) in [6.07, 6.45) is 0. The Bertz CT molecular complexity index is 676. The average Bonchev–Trinajstić information content (AvgIpc) is 2.53. The Morgan fingerprint density at radius 3 is 2.73 bits per heavy atom. The minimum atomic E-state index is 0.00123. The SMILES string of the molecule is O=C(CSCc1ccccc1)NCC#Cc1cccc(Cl)c1. The van der Waals surface area contributed by atoms with Crippen molar-refractivity contribution in [3.05, 3.63) is 70.7 Å². The number of carbonyl (C=O) groups excluding carboxylic acids is 1. The van der Waals surface area contributed by atoms with Gasteiger partial charge in [0, 0.05) is 16.3 Å². The van der Waals surface area contributed by atoms with Crippen LogP contribution in [-0.4, -0.2) is 18.2 Å². The maximum atomic E-state index is 11.7. The maximum Gasteiger partial charge on any atom is 0.230 e. The van der Waals surface area contributed by atoms with E-state index in [2.05, 4.69) is 29.3 Å². The van der Waals surface area contributed by atoms with Crippen LogP contribution < -0.4 is 5.32 Å². The van der Waals surface area contributed by atoms with E-state index in [-0.39, 0.29) is 5.91 Å². The van der Waals surface area contributed by atoms with Gasteiger partial charge in [-0.25, -0.2) is 0 Å². The first kappa shape index (κ1) is 16.5. The van der Waals surface area contributed by atoms with Crippen LogP contribution >= 0.6 is 23.4 Å². The lowest BCUT2D eigenvalue weighted by atomic mass is 10.2. The average molecular weight is 330 g/mol. The molecule has 0 saturated heterocycles. The molecule has 22 heavy (non-hydrogen) atoms. The highest BCUT2D eigenvalue weighted by Gasteiger charge is 2.00. The molecule has 0 unspecified atom stereocenters. The van der Waals surface area contributed by atoms with Gasteiger partial charge in [-0.15, -0.1) is 11.8 Å². The van der Waals surface area contributed by atoms with Crippen LogP contribution in [0.5, 0.6) is 0 Å². The van der Waals surface area contributed by atoms with E-state index in [0.717, 1.165) is 11.3 Å². The van der Waals surface area contributed by atoms with Gasteiger partial charge in [0.15, 0.2) is 0 Å². The minimum Gasteiger partial charge on any atom is -0.344 e. The van der Waals surface area contributed by atoms with Crippen LogP contribution in [0.3, 0.4) is 0 Å². The third-order valence-electron chi connectivity index (χ3n) is 2.78. The molecule has 0 bridgehead atoms. The van der Waals surface area contributed by atoms with E-state index in [1.165, 1.54) is 5.56 Å². The summed E-state index contributed by atoms with van der Waals surface area (Å²) in [5, 5.41) is 3.45. The topological polar surface area (TPSA) is 29.1 Å². The number of hydrogen-bond acceptors (Lipinski definition) is 2. The zero-order valence-electron chi connectivity index (χ0n) is 12.0. The lowest BCUT2D eigenvalue weighted by Crippen LogP contribution is -2.25. The number of nitrogens with one attached hydrogen (secondary N) is 1. The lowest BCUT2D eigenvalue weighted by molar-refractivity contribution is -0.118. The summed E-state index contributed by atoms with van der Waals surface area (Å²) < 4.78 is 0. The Kier molecular flexibility index (Phi) is 6.89. The molecule has 112 valence electrons. The molecule has 0 aliphatic rings. The van der Waals surface area contributed by atoms with E-state index in [1.54, 1.807) is 23.9 Å². The predicted molar refractivity (Wildman–Crippen MR) is 93.9 cm³/mol. The second-order valence-electron chi connectivity index (χ2n) is 4.57. The fourth-order valence-electron chi connectivity index (χ4n) is 1.74. The van der Waals surface area contributed by atoms with Crippen molar-refractivity contribution in [2.45, 2.75) is 5.75 Å². The number of rotatable bonds is 5. The van der Waals surface area contributed by atoms with Crippen LogP contribution in [0.15, 0.2) is 54.6 Å². The van der Waals surface area contributed by atoms with Crippen molar-refractivity contribution in [1.82, 2.24) is 5.32 Å². The Morgan fingerprint density at radius 1 is 1.14 bits per heavy atom. The second kappa shape index (κ2) is 9.19. The van der Waals surface area contributed by atoms with Crippen LogP contribution in [0, 0.1) is 11.8 Å². The highest BCUT2D eigenvalue weighted by molar-refractivity contribution is 7.99. The highest BCUT2D eigenvalue weighted by atomic mass is 35.5. The van der Waals surface area contributed by atoms with Gasteiger partial charge < -0.3 is 5.32 Å². The van der Waals surface area contributed by atoms with Crippen molar-refractivity contribution < 1.29 is 4.79 Å². The van der Waals surface area contributed by atoms with E-state index >= 15 is 0 Å². The molecular weight excluding hydrogens is 314 g/mol. The van der Waals surface area contributed by atoms with Gasteiger partial charge >= 0.3 is 0 Å². The van der Waals surface area contributed by atoms with E-state index in [9.17, 15) is 4.79 Å². The van der Waals surface area contributed by atoms with Gasteiger partial charge in [-0.1, -0.05) is 59.8 Å². The van der Waals surface area contributed by atoms with Crippen LogP contribution in [0.1, 0.15) is 11.1 Å². The number of amides is 1. The van der Waals surface area contributed by atoms with Gasteiger partial charge in [0.05, 0.1) is 12.3 Å². The zero-order chi connectivity index (χ0) is 15.6. The normalized spacial score (nSPS) is 9.68. The molecular formula is C18H16ClNOS. The molecule has 4 heteroatoms. The highest BCUT2D eigenvalue weighted by Crippen LogP contribution is 2.11. The monoisotopic (exact) mass is 329 g/mol. The number of halogens is 1. The summed E-state index contributed by atoms with van der Waals surface area (Å²) in [5.74, 6) is 7.16. The van der Waals surface area contributed by atoms with E-state index in [1.807, 2.05) is 30.3 Å². The van der Waals surface area contributed by atoms with Gasteiger partial charge in [-0.05, 0) is 23.8 Å². The third-order valence-corrected chi connectivity index (χ3v) is 4.01. The summed E-state index contributed by atoms with van der Waals surface area (Å²) in [7, 11) is 0. The van der Waals surface area contributed by atoms with Crippen molar-refractivity contribution in [3.63, 3.8) is 0 Å². The van der Waals surface area contributed by atoms with E-state index < -0.39 is 0 Å². The van der Waals surface area contributed by atoms with Crippen molar-refractivity contribution in [2.24, 2.45) is 0 Å². The van der Waals surface area contributed by atoms with Crippen molar-refractivity contribution >= 4 is 29.3 Å². The van der Waals surface area contributed by atoms with Crippen LogP contribution in [0.25, 0.3) is 0 Å². The summed E-state index contributed by atoms with van der Waals surface area (Å²) in [6.45, 7) is 0.344. The molecule has 0 fully saturated rings. The fourth-order valence-corrected chi connectivity index (χ4v) is 2.75. The molecule has 0 saturated carbocycles. The summed E-state index contributed by atoms with van der Waals surface area (Å²) in [6, 6.07) is 17.4. The van der Waals surface area contributed by atoms with Crippen molar-refractivity contribution in [3.8, 4) is 11.8 Å². The molecule has 2 aromatic rings.